The van der Waals surface area contributed by atoms with E-state index < -0.39 is 6.04 Å². The van der Waals surface area contributed by atoms with Gasteiger partial charge < -0.3 is 10.2 Å². The van der Waals surface area contributed by atoms with E-state index in [0.29, 0.717) is 59.2 Å². The van der Waals surface area contributed by atoms with E-state index in [4.69, 9.17) is 0 Å². The molecule has 17 heteroatoms. The summed E-state index contributed by atoms with van der Waals surface area (Å²) in [5.74, 6) is 1.30. The van der Waals surface area contributed by atoms with Crippen molar-refractivity contribution < 1.29 is 9.59 Å². The molecule has 0 aromatic carbocycles. The minimum atomic E-state index is -0.468. The molecule has 0 radical (unpaired) electrons. The second kappa shape index (κ2) is 15.0. The predicted molar refractivity (Wildman–Crippen MR) is 197 cm³/mol. The number of hydrogen-bond acceptors (Lipinski definition) is 12. The zero-order valence-corrected chi connectivity index (χ0v) is 30.0. The van der Waals surface area contributed by atoms with Gasteiger partial charge in [-0.25, -0.2) is 19.4 Å². The van der Waals surface area contributed by atoms with Crippen molar-refractivity contribution in [2.75, 3.05) is 36.4 Å². The van der Waals surface area contributed by atoms with Crippen LogP contribution in [0.3, 0.4) is 0 Å². The third-order valence-electron chi connectivity index (χ3n) is 10.9. The molecule has 0 spiro atoms. The number of hydrogen-bond donors (Lipinski definition) is 2. The SMILES string of the molecule is C[C@H](C#N)Nc1cc(-n2ncc3cc(C#N)cnc32)ncc1-n1cc(C2CCC(CCN3CCC(n4cc(N5CCC(=O)NC5=O)cn4)CC3)CC2)nn1. The molecule has 0 unspecified atom stereocenters. The first-order chi connectivity index (χ1) is 26.3. The molecule has 5 aromatic heterocycles. The van der Waals surface area contributed by atoms with Crippen molar-refractivity contribution in [2.45, 2.75) is 76.3 Å². The van der Waals surface area contributed by atoms with Crippen molar-refractivity contribution in [2.24, 2.45) is 5.92 Å². The Hall–Kier alpha value is -6.20. The highest BCUT2D eigenvalue weighted by molar-refractivity contribution is 6.05. The lowest BCUT2D eigenvalue weighted by Crippen LogP contribution is -2.49. The van der Waals surface area contributed by atoms with E-state index in [9.17, 15) is 20.1 Å². The van der Waals surface area contributed by atoms with Crippen LogP contribution < -0.4 is 15.5 Å². The Bertz CT molecular complexity index is 2240. The van der Waals surface area contributed by atoms with Gasteiger partial charge in [-0.05, 0) is 70.4 Å². The average Bonchev–Trinajstić information content (AvgIpc) is 3.98. The van der Waals surface area contributed by atoms with Crippen LogP contribution in [0.15, 0.2) is 49.3 Å². The summed E-state index contributed by atoms with van der Waals surface area (Å²) < 4.78 is 5.32. The van der Waals surface area contributed by atoms with Gasteiger partial charge in [0, 0.05) is 55.8 Å². The number of piperidine rings is 1. The molecule has 5 aromatic rings. The number of amides is 3. The van der Waals surface area contributed by atoms with Gasteiger partial charge in [0.1, 0.15) is 17.8 Å². The summed E-state index contributed by atoms with van der Waals surface area (Å²) in [6, 6.07) is 7.34. The van der Waals surface area contributed by atoms with Crippen LogP contribution in [0.2, 0.25) is 0 Å². The fourth-order valence-electron chi connectivity index (χ4n) is 7.85. The standard InChI is InChI=1S/C37H41N15O2/c1-24(16-38)44-31-15-34(52-36-28(19-43-52)14-26(17-39)18-41-36)40-21-33(31)51-23-32(46-47-51)27-4-2-25(3-5-27)6-10-48-11-7-29(8-12-48)50-22-30(20-42-50)49-13-9-35(53)45-37(49)54/h14-15,18-25,27,29H,2-13H2,1H3,(H,40,44)(H,45,53,54)/t24-,25?,27?/m1/s1. The quantitative estimate of drug-likeness (QED) is 0.207. The van der Waals surface area contributed by atoms with Gasteiger partial charge in [-0.15, -0.1) is 5.10 Å². The van der Waals surface area contributed by atoms with E-state index in [1.165, 1.54) is 12.6 Å². The number of carbonyl (C=O) groups excluding carboxylic acids is 2. The molecule has 0 bridgehead atoms. The van der Waals surface area contributed by atoms with Gasteiger partial charge in [0.15, 0.2) is 11.5 Å². The van der Waals surface area contributed by atoms with Crippen molar-refractivity contribution in [1.29, 1.82) is 10.5 Å². The van der Waals surface area contributed by atoms with Gasteiger partial charge >= 0.3 is 6.03 Å². The van der Waals surface area contributed by atoms with Gasteiger partial charge in [-0.2, -0.15) is 25.4 Å². The molecule has 2 N–H and O–H groups in total. The molecule has 8 rings (SSSR count). The maximum Gasteiger partial charge on any atom is 0.328 e. The Morgan fingerprint density at radius 2 is 1.80 bits per heavy atom. The van der Waals surface area contributed by atoms with Crippen LogP contribution in [0.1, 0.15) is 81.5 Å². The highest BCUT2D eigenvalue weighted by Gasteiger charge is 2.29. The second-order valence-electron chi connectivity index (χ2n) is 14.5. The predicted octanol–water partition coefficient (Wildman–Crippen LogP) is 4.24. The lowest BCUT2D eigenvalue weighted by molar-refractivity contribution is -0.120. The fourth-order valence-corrected chi connectivity index (χ4v) is 7.85. The number of rotatable bonds is 10. The van der Waals surface area contributed by atoms with Crippen molar-refractivity contribution in [3.05, 3.63) is 60.6 Å². The van der Waals surface area contributed by atoms with E-state index in [2.05, 4.69) is 58.1 Å². The first kappa shape index (κ1) is 34.9. The first-order valence-electron chi connectivity index (χ1n) is 18.6. The summed E-state index contributed by atoms with van der Waals surface area (Å²) in [5, 5.41) is 43.3. The van der Waals surface area contributed by atoms with E-state index >= 15 is 0 Å². The Kier molecular flexibility index (Phi) is 9.71. The van der Waals surface area contributed by atoms with Gasteiger partial charge in [0.25, 0.3) is 0 Å². The zero-order chi connectivity index (χ0) is 37.2. The van der Waals surface area contributed by atoms with Crippen LogP contribution >= 0.6 is 0 Å². The molecule has 17 nitrogen and oxygen atoms in total. The minimum absolute atomic E-state index is 0.237. The van der Waals surface area contributed by atoms with Crippen molar-refractivity contribution in [3.8, 4) is 23.6 Å². The van der Waals surface area contributed by atoms with E-state index in [0.717, 1.165) is 74.9 Å². The van der Waals surface area contributed by atoms with Gasteiger partial charge in [-0.1, -0.05) is 5.21 Å². The Balaban J connectivity index is 0.844. The lowest BCUT2D eigenvalue weighted by atomic mass is 9.79. The summed E-state index contributed by atoms with van der Waals surface area (Å²) in [7, 11) is 0. The third kappa shape index (κ3) is 7.22. The van der Waals surface area contributed by atoms with Crippen LogP contribution in [-0.2, 0) is 4.79 Å². The molecular weight excluding hydrogens is 687 g/mol. The number of aromatic nitrogens is 9. The fraction of sp³-hybridized carbons (Fsp3) is 0.459. The van der Waals surface area contributed by atoms with E-state index in [-0.39, 0.29) is 11.9 Å². The van der Waals surface area contributed by atoms with Crippen LogP contribution in [0, 0.1) is 28.6 Å². The van der Waals surface area contributed by atoms with E-state index in [1.807, 2.05) is 23.1 Å². The first-order valence-corrected chi connectivity index (χ1v) is 18.6. The van der Waals surface area contributed by atoms with Crippen LogP contribution in [-0.4, -0.2) is 93.6 Å². The summed E-state index contributed by atoms with van der Waals surface area (Å²) in [6.45, 7) is 5.30. The molecule has 2 saturated heterocycles. The molecule has 3 fully saturated rings. The molecule has 7 heterocycles. The molecule has 1 saturated carbocycles. The van der Waals surface area contributed by atoms with Crippen molar-refractivity contribution >= 4 is 34.3 Å². The number of anilines is 2. The number of fused-ring (bicyclic) bond motifs is 1. The lowest BCUT2D eigenvalue weighted by Gasteiger charge is -2.34. The molecule has 1 atom stereocenters. The number of imide groups is 1. The molecule has 54 heavy (non-hydrogen) atoms. The number of nitrogens with zero attached hydrogens (tertiary/aromatic N) is 13. The summed E-state index contributed by atoms with van der Waals surface area (Å²) in [6.07, 6.45) is 18.4. The molecule has 2 aliphatic heterocycles. The average molecular weight is 728 g/mol. The Labute approximate surface area is 311 Å². The van der Waals surface area contributed by atoms with Crippen LogP contribution in [0.4, 0.5) is 16.2 Å². The number of carbonyl (C=O) groups is 2. The third-order valence-corrected chi connectivity index (χ3v) is 10.9. The van der Waals surface area contributed by atoms with Crippen molar-refractivity contribution in [3.63, 3.8) is 0 Å². The topological polar surface area (TPSA) is 204 Å². The minimum Gasteiger partial charge on any atom is -0.368 e. The number of nitriles is 2. The maximum atomic E-state index is 12.2. The molecule has 1 aliphatic carbocycles. The summed E-state index contributed by atoms with van der Waals surface area (Å²) in [4.78, 5) is 37.0. The van der Waals surface area contributed by atoms with Gasteiger partial charge in [0.2, 0.25) is 5.91 Å². The van der Waals surface area contributed by atoms with E-state index in [1.54, 1.807) is 45.8 Å². The number of pyridine rings is 2. The summed E-state index contributed by atoms with van der Waals surface area (Å²) >= 11 is 0. The maximum absolute atomic E-state index is 12.2. The van der Waals surface area contributed by atoms with Crippen molar-refractivity contribution in [1.82, 2.24) is 54.7 Å². The number of nitrogens with one attached hydrogen (secondary N) is 2. The normalized spacial score (nSPS) is 20.4. The number of likely N-dealkylation sites (tertiary alicyclic amines) is 1. The monoisotopic (exact) mass is 727 g/mol. The van der Waals surface area contributed by atoms with Gasteiger partial charge in [0.05, 0.1) is 59.5 Å². The van der Waals surface area contributed by atoms with Gasteiger partial charge in [-0.3, -0.25) is 19.7 Å². The Morgan fingerprint density at radius 1 is 0.963 bits per heavy atom. The zero-order valence-electron chi connectivity index (χ0n) is 30.0. The largest absolute Gasteiger partial charge is 0.368 e. The highest BCUT2D eigenvalue weighted by Crippen LogP contribution is 2.37. The summed E-state index contributed by atoms with van der Waals surface area (Å²) in [5.41, 5.74) is 4.06. The van der Waals surface area contributed by atoms with Crippen LogP contribution in [0.5, 0.6) is 0 Å². The van der Waals surface area contributed by atoms with Crippen LogP contribution in [0.25, 0.3) is 22.5 Å². The smallest absolute Gasteiger partial charge is 0.328 e. The Morgan fingerprint density at radius 3 is 2.57 bits per heavy atom. The molecule has 276 valence electrons. The molecule has 3 aliphatic rings. The number of urea groups is 1. The second-order valence-corrected chi connectivity index (χ2v) is 14.5. The molecule has 3 amide bonds. The highest BCUT2D eigenvalue weighted by atomic mass is 16.2. The molecular formula is C37H41N15O2.